The Balaban J connectivity index is 3.22. The number of rotatable bonds is 12. The predicted octanol–water partition coefficient (Wildman–Crippen LogP) is 0.655. The highest BCUT2D eigenvalue weighted by Gasteiger charge is 2.00. The maximum Gasteiger partial charge on any atom is 0.220 e. The van der Waals surface area contributed by atoms with Gasteiger partial charge in [0.05, 0.1) is 13.2 Å². The first-order chi connectivity index (χ1) is 9.20. The van der Waals surface area contributed by atoms with E-state index in [1.54, 1.807) is 0 Å². The minimum absolute atomic E-state index is 0.0257. The van der Waals surface area contributed by atoms with Crippen molar-refractivity contribution >= 4 is 37.1 Å². The topological polar surface area (TPSA) is 67.4 Å². The normalized spacial score (nSPS) is 10.2. The molecule has 0 aromatic heterocycles. The first-order valence-electron chi connectivity index (χ1n) is 6.53. The van der Waals surface area contributed by atoms with Crippen LogP contribution in [0.2, 0.25) is 0 Å². The number of carbonyl (C=O) groups excluding carboxylic acids is 2. The van der Waals surface area contributed by atoms with Gasteiger partial charge in [-0.15, -0.1) is 0 Å². The minimum Gasteiger partial charge on any atom is -0.378 e. The molecule has 2 N–H and O–H groups in total. The molecular formula is C12H24N2O3S2. The standard InChI is InChI=1S/C12H24N2O3S2/c15-11(3-1-9-18)13-5-7-17-8-6-14-12(16)4-2-10-19/h18-19H,1-10H2,(H,13,15)(H,14,16). The quantitative estimate of drug-likeness (QED) is 0.316. The van der Waals surface area contributed by atoms with Gasteiger partial charge in [0.15, 0.2) is 0 Å². The number of ether oxygens (including phenoxy) is 1. The smallest absolute Gasteiger partial charge is 0.220 e. The molecule has 0 aliphatic heterocycles. The Bertz CT molecular complexity index is 229. The molecular weight excluding hydrogens is 284 g/mol. The summed E-state index contributed by atoms with van der Waals surface area (Å²) < 4.78 is 5.28. The maximum absolute atomic E-state index is 11.2. The lowest BCUT2D eigenvalue weighted by atomic mass is 10.3. The average Bonchev–Trinajstić information content (AvgIpc) is 2.41. The molecule has 0 aromatic carbocycles. The Morgan fingerprint density at radius 1 is 0.842 bits per heavy atom. The number of nitrogens with one attached hydrogen (secondary N) is 2. The van der Waals surface area contributed by atoms with Gasteiger partial charge >= 0.3 is 0 Å². The average molecular weight is 308 g/mol. The van der Waals surface area contributed by atoms with E-state index in [0.29, 0.717) is 39.1 Å². The predicted molar refractivity (Wildman–Crippen MR) is 83.0 cm³/mol. The summed E-state index contributed by atoms with van der Waals surface area (Å²) >= 11 is 8.07. The highest BCUT2D eigenvalue weighted by molar-refractivity contribution is 7.80. The summed E-state index contributed by atoms with van der Waals surface area (Å²) in [6.07, 6.45) is 2.58. The minimum atomic E-state index is 0.0257. The number of thiol groups is 2. The Hall–Kier alpha value is -0.400. The number of amides is 2. The molecule has 0 aliphatic carbocycles. The van der Waals surface area contributed by atoms with Gasteiger partial charge in [-0.25, -0.2) is 0 Å². The van der Waals surface area contributed by atoms with Crippen molar-refractivity contribution in [2.75, 3.05) is 37.8 Å². The van der Waals surface area contributed by atoms with E-state index in [4.69, 9.17) is 4.74 Å². The molecule has 0 rings (SSSR count). The zero-order valence-corrected chi connectivity index (χ0v) is 13.0. The summed E-state index contributed by atoms with van der Waals surface area (Å²) in [5.41, 5.74) is 0. The van der Waals surface area contributed by atoms with E-state index < -0.39 is 0 Å². The molecule has 5 nitrogen and oxygen atoms in total. The van der Waals surface area contributed by atoms with E-state index in [9.17, 15) is 9.59 Å². The second kappa shape index (κ2) is 14.0. The van der Waals surface area contributed by atoms with Crippen molar-refractivity contribution < 1.29 is 14.3 Å². The van der Waals surface area contributed by atoms with Crippen LogP contribution in [0.4, 0.5) is 0 Å². The van der Waals surface area contributed by atoms with Crippen molar-refractivity contribution in [3.8, 4) is 0 Å². The van der Waals surface area contributed by atoms with Crippen LogP contribution < -0.4 is 10.6 Å². The van der Waals surface area contributed by atoms with Gasteiger partial charge in [0.2, 0.25) is 11.8 Å². The monoisotopic (exact) mass is 308 g/mol. The first kappa shape index (κ1) is 18.6. The van der Waals surface area contributed by atoms with Crippen LogP contribution >= 0.6 is 25.3 Å². The van der Waals surface area contributed by atoms with Crippen molar-refractivity contribution in [3.63, 3.8) is 0 Å². The molecule has 0 aliphatic rings. The molecule has 0 saturated heterocycles. The fourth-order valence-corrected chi connectivity index (χ4v) is 1.60. The van der Waals surface area contributed by atoms with Gasteiger partial charge in [0.25, 0.3) is 0 Å². The van der Waals surface area contributed by atoms with Crippen molar-refractivity contribution in [1.82, 2.24) is 10.6 Å². The van der Waals surface area contributed by atoms with Gasteiger partial charge in [-0.05, 0) is 24.3 Å². The molecule has 0 aromatic rings. The Morgan fingerprint density at radius 3 is 1.63 bits per heavy atom. The Labute approximate surface area is 126 Å². The molecule has 0 atom stereocenters. The van der Waals surface area contributed by atoms with Crippen LogP contribution in [0.15, 0.2) is 0 Å². The molecule has 0 heterocycles. The SMILES string of the molecule is O=C(CCCS)NCCOCCNC(=O)CCCS. The molecule has 112 valence electrons. The van der Waals surface area contributed by atoms with Gasteiger partial charge in [-0.3, -0.25) is 9.59 Å². The van der Waals surface area contributed by atoms with E-state index in [2.05, 4.69) is 35.9 Å². The van der Waals surface area contributed by atoms with Crippen molar-refractivity contribution in [3.05, 3.63) is 0 Å². The van der Waals surface area contributed by atoms with Gasteiger partial charge in [0.1, 0.15) is 0 Å². The van der Waals surface area contributed by atoms with Crippen molar-refractivity contribution in [1.29, 1.82) is 0 Å². The molecule has 0 bridgehead atoms. The largest absolute Gasteiger partial charge is 0.378 e. The Morgan fingerprint density at radius 2 is 1.26 bits per heavy atom. The lowest BCUT2D eigenvalue weighted by Crippen LogP contribution is -2.30. The number of carbonyl (C=O) groups is 2. The summed E-state index contributed by atoms with van der Waals surface area (Å²) in [6.45, 7) is 1.91. The highest BCUT2D eigenvalue weighted by Crippen LogP contribution is 1.91. The molecule has 0 radical (unpaired) electrons. The van der Waals surface area contributed by atoms with Crippen LogP contribution in [0.25, 0.3) is 0 Å². The molecule has 19 heavy (non-hydrogen) atoms. The fraction of sp³-hybridized carbons (Fsp3) is 0.833. The summed E-state index contributed by atoms with van der Waals surface area (Å²) in [5, 5.41) is 5.50. The second-order valence-electron chi connectivity index (χ2n) is 3.97. The highest BCUT2D eigenvalue weighted by atomic mass is 32.1. The van der Waals surface area contributed by atoms with Crippen molar-refractivity contribution in [2.45, 2.75) is 25.7 Å². The van der Waals surface area contributed by atoms with Crippen LogP contribution in [0.5, 0.6) is 0 Å². The van der Waals surface area contributed by atoms with Crippen molar-refractivity contribution in [2.24, 2.45) is 0 Å². The molecule has 2 amide bonds. The van der Waals surface area contributed by atoms with Crippen LogP contribution in [-0.4, -0.2) is 49.6 Å². The summed E-state index contributed by atoms with van der Waals surface area (Å²) in [6, 6.07) is 0. The van der Waals surface area contributed by atoms with E-state index in [0.717, 1.165) is 24.3 Å². The second-order valence-corrected chi connectivity index (χ2v) is 4.86. The van der Waals surface area contributed by atoms with Gasteiger partial charge in [-0.1, -0.05) is 0 Å². The summed E-state index contributed by atoms with van der Waals surface area (Å²) in [7, 11) is 0. The van der Waals surface area contributed by atoms with Gasteiger partial charge in [0, 0.05) is 25.9 Å². The van der Waals surface area contributed by atoms with Crippen LogP contribution in [-0.2, 0) is 14.3 Å². The molecule has 0 spiro atoms. The molecule has 0 saturated carbocycles. The van der Waals surface area contributed by atoms with Crippen LogP contribution in [0, 0.1) is 0 Å². The number of hydrogen-bond acceptors (Lipinski definition) is 5. The summed E-state index contributed by atoms with van der Waals surface area (Å²) in [5.74, 6) is 1.49. The lowest BCUT2D eigenvalue weighted by molar-refractivity contribution is -0.121. The first-order valence-corrected chi connectivity index (χ1v) is 7.80. The van der Waals surface area contributed by atoms with Gasteiger partial charge < -0.3 is 15.4 Å². The van der Waals surface area contributed by atoms with Crippen LogP contribution in [0.3, 0.4) is 0 Å². The van der Waals surface area contributed by atoms with E-state index >= 15 is 0 Å². The third kappa shape index (κ3) is 13.8. The fourth-order valence-electron chi connectivity index (χ4n) is 1.28. The third-order valence-corrected chi connectivity index (χ3v) is 2.89. The number of hydrogen-bond donors (Lipinski definition) is 4. The van der Waals surface area contributed by atoms with E-state index in [-0.39, 0.29) is 11.8 Å². The maximum atomic E-state index is 11.2. The molecule has 0 unspecified atom stereocenters. The lowest BCUT2D eigenvalue weighted by Gasteiger charge is -2.07. The Kier molecular flexibility index (Phi) is 13.7. The third-order valence-electron chi connectivity index (χ3n) is 2.26. The zero-order chi connectivity index (χ0) is 14.3. The summed E-state index contributed by atoms with van der Waals surface area (Å²) in [4.78, 5) is 22.4. The zero-order valence-electron chi connectivity index (χ0n) is 11.2. The van der Waals surface area contributed by atoms with Gasteiger partial charge in [-0.2, -0.15) is 25.3 Å². The molecule has 0 fully saturated rings. The molecule has 7 heteroatoms. The van der Waals surface area contributed by atoms with E-state index in [1.165, 1.54) is 0 Å². The van der Waals surface area contributed by atoms with Crippen LogP contribution in [0.1, 0.15) is 25.7 Å². The van der Waals surface area contributed by atoms with E-state index in [1.807, 2.05) is 0 Å².